The van der Waals surface area contributed by atoms with Crippen LogP contribution in [0.1, 0.15) is 40.0 Å². The first-order valence-electron chi connectivity index (χ1n) is 5.10. The van der Waals surface area contributed by atoms with Crippen molar-refractivity contribution in [1.29, 1.82) is 0 Å². The Balaban J connectivity index is 3.62. The van der Waals surface area contributed by atoms with E-state index >= 15 is 0 Å². The zero-order chi connectivity index (χ0) is 11.9. The van der Waals surface area contributed by atoms with E-state index in [-0.39, 0.29) is 23.6 Å². The van der Waals surface area contributed by atoms with E-state index < -0.39 is 11.1 Å². The average molecular weight is 236 g/mol. The Bertz CT molecular complexity index is 225. The Hall–Kier alpha value is -0.420. The molecule has 0 aliphatic carbocycles. The molecule has 4 nitrogen and oxygen atoms in total. The smallest absolute Gasteiger partial charge is 0.305 e. The highest BCUT2D eigenvalue weighted by Gasteiger charge is 2.17. The molecular formula is C10H20O4S. The van der Waals surface area contributed by atoms with Gasteiger partial charge in [0.25, 0.3) is 0 Å². The molecule has 0 heterocycles. The van der Waals surface area contributed by atoms with Gasteiger partial charge in [0.15, 0.2) is 11.1 Å². The molecule has 15 heavy (non-hydrogen) atoms. The topological polar surface area (TPSA) is 63.6 Å². The zero-order valence-electron chi connectivity index (χ0n) is 9.62. The first kappa shape index (κ1) is 14.6. The van der Waals surface area contributed by atoms with Crippen molar-refractivity contribution in [3.05, 3.63) is 0 Å². The lowest BCUT2D eigenvalue weighted by Gasteiger charge is -2.21. The maximum Gasteiger partial charge on any atom is 0.305 e. The highest BCUT2D eigenvalue weighted by molar-refractivity contribution is 7.79. The van der Waals surface area contributed by atoms with Crippen LogP contribution in [0.25, 0.3) is 0 Å². The van der Waals surface area contributed by atoms with Crippen molar-refractivity contribution >= 4 is 17.0 Å². The van der Waals surface area contributed by atoms with Gasteiger partial charge in [-0.15, -0.1) is 0 Å². The van der Waals surface area contributed by atoms with Gasteiger partial charge >= 0.3 is 5.97 Å². The molecule has 0 aromatic carbocycles. The maximum atomic E-state index is 11.2. The molecular weight excluding hydrogens is 216 g/mol. The van der Waals surface area contributed by atoms with Gasteiger partial charge in [-0.25, -0.2) is 4.21 Å². The van der Waals surface area contributed by atoms with Crippen LogP contribution in [0, 0.1) is 5.41 Å². The lowest BCUT2D eigenvalue weighted by atomic mass is 9.92. The predicted octanol–water partition coefficient (Wildman–Crippen LogP) is 1.97. The monoisotopic (exact) mass is 236 g/mol. The second-order valence-corrected chi connectivity index (χ2v) is 5.36. The minimum Gasteiger partial charge on any atom is -0.465 e. The minimum absolute atomic E-state index is 0.00938. The maximum absolute atomic E-state index is 11.2. The minimum atomic E-state index is -1.81. The van der Waals surface area contributed by atoms with Gasteiger partial charge in [0.1, 0.15) is 0 Å². The summed E-state index contributed by atoms with van der Waals surface area (Å²) in [5.41, 5.74) is 0.00938. The van der Waals surface area contributed by atoms with E-state index in [2.05, 4.69) is 0 Å². The third-order valence-electron chi connectivity index (χ3n) is 2.28. The Morgan fingerprint density at radius 2 is 2.07 bits per heavy atom. The zero-order valence-corrected chi connectivity index (χ0v) is 10.4. The van der Waals surface area contributed by atoms with Crippen LogP contribution in [0.4, 0.5) is 0 Å². The molecule has 0 spiro atoms. The number of carbonyl (C=O) groups is 1. The van der Waals surface area contributed by atoms with Crippen LogP contribution in [0.15, 0.2) is 0 Å². The standard InChI is InChI=1S/C10H20O4S/c1-4-10(2,3)8-14-9(11)6-5-7-15(12)13/h4-8H2,1-3H3,(H,12,13). The summed E-state index contributed by atoms with van der Waals surface area (Å²) in [6.45, 7) is 6.51. The first-order chi connectivity index (χ1) is 6.87. The van der Waals surface area contributed by atoms with Gasteiger partial charge in [-0.1, -0.05) is 20.8 Å². The van der Waals surface area contributed by atoms with E-state index in [9.17, 15) is 9.00 Å². The van der Waals surface area contributed by atoms with Crippen LogP contribution in [0.5, 0.6) is 0 Å². The van der Waals surface area contributed by atoms with Gasteiger partial charge in [-0.2, -0.15) is 0 Å². The number of carbonyl (C=O) groups excluding carboxylic acids is 1. The van der Waals surface area contributed by atoms with Crippen LogP contribution < -0.4 is 0 Å². The molecule has 0 amide bonds. The molecule has 0 rings (SSSR count). The van der Waals surface area contributed by atoms with Crippen molar-refractivity contribution < 1.29 is 18.3 Å². The Kier molecular flexibility index (Phi) is 6.76. The molecule has 0 saturated carbocycles. The largest absolute Gasteiger partial charge is 0.465 e. The number of esters is 1. The molecule has 0 aromatic heterocycles. The molecule has 5 heteroatoms. The van der Waals surface area contributed by atoms with Crippen LogP contribution >= 0.6 is 0 Å². The predicted molar refractivity (Wildman–Crippen MR) is 59.9 cm³/mol. The van der Waals surface area contributed by atoms with E-state index in [4.69, 9.17) is 9.29 Å². The number of rotatable bonds is 7. The fourth-order valence-electron chi connectivity index (χ4n) is 0.790. The molecule has 0 aliphatic rings. The SMILES string of the molecule is CCC(C)(C)COC(=O)CCCS(=O)O. The van der Waals surface area contributed by atoms with E-state index in [1.165, 1.54) is 0 Å². The van der Waals surface area contributed by atoms with Gasteiger partial charge in [-0.05, 0) is 18.3 Å². The Morgan fingerprint density at radius 3 is 2.53 bits per heavy atom. The summed E-state index contributed by atoms with van der Waals surface area (Å²) in [4.78, 5) is 11.2. The molecule has 1 N–H and O–H groups in total. The van der Waals surface area contributed by atoms with Crippen LogP contribution in [0.2, 0.25) is 0 Å². The third-order valence-corrected chi connectivity index (χ3v) is 2.92. The number of hydrogen-bond donors (Lipinski definition) is 1. The highest BCUT2D eigenvalue weighted by Crippen LogP contribution is 2.19. The third kappa shape index (κ3) is 8.57. The average Bonchev–Trinajstić information content (AvgIpc) is 2.14. The second-order valence-electron chi connectivity index (χ2n) is 4.31. The lowest BCUT2D eigenvalue weighted by Crippen LogP contribution is -2.21. The van der Waals surface area contributed by atoms with Gasteiger partial charge in [0, 0.05) is 12.2 Å². The van der Waals surface area contributed by atoms with Gasteiger partial charge < -0.3 is 9.29 Å². The molecule has 0 saturated heterocycles. The summed E-state index contributed by atoms with van der Waals surface area (Å²) in [6, 6.07) is 0. The molecule has 0 fully saturated rings. The van der Waals surface area contributed by atoms with Crippen molar-refractivity contribution in [2.45, 2.75) is 40.0 Å². The lowest BCUT2D eigenvalue weighted by molar-refractivity contribution is -0.146. The summed E-state index contributed by atoms with van der Waals surface area (Å²) in [5.74, 6) is -0.159. The first-order valence-corrected chi connectivity index (χ1v) is 6.38. The molecule has 0 aromatic rings. The van der Waals surface area contributed by atoms with Crippen LogP contribution in [-0.4, -0.2) is 27.1 Å². The molecule has 0 radical (unpaired) electrons. The Labute approximate surface area is 93.7 Å². The van der Waals surface area contributed by atoms with E-state index in [0.29, 0.717) is 13.0 Å². The van der Waals surface area contributed by atoms with Gasteiger partial charge in [0.2, 0.25) is 0 Å². The summed E-state index contributed by atoms with van der Waals surface area (Å²) < 4.78 is 23.8. The quantitative estimate of drug-likeness (QED) is 0.542. The summed E-state index contributed by atoms with van der Waals surface area (Å²) >= 11 is -1.81. The number of hydrogen-bond acceptors (Lipinski definition) is 3. The molecule has 1 unspecified atom stereocenters. The normalized spacial score (nSPS) is 13.6. The van der Waals surface area contributed by atoms with Crippen molar-refractivity contribution in [2.75, 3.05) is 12.4 Å². The fraction of sp³-hybridized carbons (Fsp3) is 0.900. The van der Waals surface area contributed by atoms with Gasteiger partial charge in [0.05, 0.1) is 6.61 Å². The van der Waals surface area contributed by atoms with Crippen molar-refractivity contribution in [3.8, 4) is 0 Å². The summed E-state index contributed by atoms with van der Waals surface area (Å²) in [7, 11) is 0. The highest BCUT2D eigenvalue weighted by atomic mass is 32.2. The Morgan fingerprint density at radius 1 is 1.47 bits per heavy atom. The molecule has 90 valence electrons. The van der Waals surface area contributed by atoms with Crippen molar-refractivity contribution in [3.63, 3.8) is 0 Å². The molecule has 0 aliphatic heterocycles. The van der Waals surface area contributed by atoms with E-state index in [1.807, 2.05) is 20.8 Å². The van der Waals surface area contributed by atoms with E-state index in [1.54, 1.807) is 0 Å². The molecule has 0 bridgehead atoms. The fourth-order valence-corrected chi connectivity index (χ4v) is 1.18. The van der Waals surface area contributed by atoms with Gasteiger partial charge in [-0.3, -0.25) is 4.79 Å². The summed E-state index contributed by atoms with van der Waals surface area (Å²) in [6.07, 6.45) is 1.56. The van der Waals surface area contributed by atoms with Crippen molar-refractivity contribution in [2.24, 2.45) is 5.41 Å². The summed E-state index contributed by atoms with van der Waals surface area (Å²) in [5, 5.41) is 0. The number of ether oxygens (including phenoxy) is 1. The van der Waals surface area contributed by atoms with E-state index in [0.717, 1.165) is 6.42 Å². The van der Waals surface area contributed by atoms with Crippen LogP contribution in [-0.2, 0) is 20.6 Å². The molecule has 1 atom stereocenters. The second kappa shape index (κ2) is 6.95. The van der Waals surface area contributed by atoms with Crippen LogP contribution in [0.3, 0.4) is 0 Å². The van der Waals surface area contributed by atoms with Crippen molar-refractivity contribution in [1.82, 2.24) is 0 Å².